The Kier molecular flexibility index (Phi) is 6.69. The van der Waals surface area contributed by atoms with Gasteiger partial charge in [0.2, 0.25) is 11.7 Å². The Morgan fingerprint density at radius 2 is 1.52 bits per heavy atom. The van der Waals surface area contributed by atoms with Crippen molar-refractivity contribution in [3.8, 4) is 17.2 Å². The van der Waals surface area contributed by atoms with E-state index in [0.717, 1.165) is 11.1 Å². The number of ether oxygens (including phenoxy) is 3. The Labute approximate surface area is 149 Å². The zero-order chi connectivity index (χ0) is 18.2. The number of methoxy groups -OCH3 is 3. The second kappa shape index (κ2) is 8.97. The molecule has 5 nitrogen and oxygen atoms in total. The first-order valence-corrected chi connectivity index (χ1v) is 8.23. The van der Waals surface area contributed by atoms with E-state index in [1.807, 2.05) is 54.3 Å². The van der Waals surface area contributed by atoms with Crippen molar-refractivity contribution < 1.29 is 19.0 Å². The summed E-state index contributed by atoms with van der Waals surface area (Å²) in [6, 6.07) is 13.6. The Balaban J connectivity index is 2.18. The first kappa shape index (κ1) is 18.6. The first-order chi connectivity index (χ1) is 12.1. The topological polar surface area (TPSA) is 48.0 Å². The molecule has 134 valence electrons. The van der Waals surface area contributed by atoms with Crippen LogP contribution in [0.4, 0.5) is 0 Å². The molecule has 0 fully saturated rings. The van der Waals surface area contributed by atoms with Crippen molar-refractivity contribution in [3.63, 3.8) is 0 Å². The maximum atomic E-state index is 12.7. The fraction of sp³-hybridized carbons (Fsp3) is 0.350. The Morgan fingerprint density at radius 1 is 0.920 bits per heavy atom. The van der Waals surface area contributed by atoms with Gasteiger partial charge in [0.25, 0.3) is 0 Å². The van der Waals surface area contributed by atoms with E-state index in [0.29, 0.717) is 30.3 Å². The Hall–Kier alpha value is -2.69. The molecule has 0 N–H and O–H groups in total. The van der Waals surface area contributed by atoms with Crippen molar-refractivity contribution in [2.24, 2.45) is 0 Å². The molecule has 0 saturated carbocycles. The summed E-state index contributed by atoms with van der Waals surface area (Å²) in [5, 5.41) is 0. The Bertz CT molecular complexity index is 675. The lowest BCUT2D eigenvalue weighted by Crippen LogP contribution is -2.31. The van der Waals surface area contributed by atoms with Crippen molar-refractivity contribution in [1.29, 1.82) is 0 Å². The van der Waals surface area contributed by atoms with Gasteiger partial charge in [0.05, 0.1) is 27.8 Å². The summed E-state index contributed by atoms with van der Waals surface area (Å²) >= 11 is 0. The molecule has 2 aromatic carbocycles. The molecule has 0 saturated heterocycles. The third-order valence-electron chi connectivity index (χ3n) is 4.03. The van der Waals surface area contributed by atoms with Crippen LogP contribution in [-0.4, -0.2) is 38.7 Å². The van der Waals surface area contributed by atoms with Crippen molar-refractivity contribution in [2.75, 3.05) is 27.9 Å². The van der Waals surface area contributed by atoms with Crippen molar-refractivity contribution in [3.05, 3.63) is 53.6 Å². The largest absolute Gasteiger partial charge is 0.493 e. The predicted octanol–water partition coefficient (Wildman–Crippen LogP) is 3.30. The second-order valence-corrected chi connectivity index (χ2v) is 5.60. The maximum absolute atomic E-state index is 12.7. The molecule has 0 spiro atoms. The Morgan fingerprint density at radius 3 is 2.00 bits per heavy atom. The van der Waals surface area contributed by atoms with Gasteiger partial charge in [-0.3, -0.25) is 4.79 Å². The van der Waals surface area contributed by atoms with Gasteiger partial charge in [0.15, 0.2) is 11.5 Å². The molecule has 2 rings (SSSR count). The lowest BCUT2D eigenvalue weighted by molar-refractivity contribution is -0.130. The van der Waals surface area contributed by atoms with E-state index in [1.54, 1.807) is 21.3 Å². The third-order valence-corrected chi connectivity index (χ3v) is 4.03. The summed E-state index contributed by atoms with van der Waals surface area (Å²) in [7, 11) is 4.69. The average Bonchev–Trinajstić information content (AvgIpc) is 2.65. The number of rotatable bonds is 8. The van der Waals surface area contributed by atoms with E-state index in [-0.39, 0.29) is 12.3 Å². The minimum atomic E-state index is 0.0561. The van der Waals surface area contributed by atoms with Crippen LogP contribution in [0.5, 0.6) is 17.2 Å². The van der Waals surface area contributed by atoms with Gasteiger partial charge in [0, 0.05) is 13.1 Å². The van der Waals surface area contributed by atoms with Crippen molar-refractivity contribution in [1.82, 2.24) is 4.90 Å². The number of amides is 1. The molecule has 25 heavy (non-hydrogen) atoms. The standard InChI is InChI=1S/C20H25NO4/c1-5-21(14-15-9-7-6-8-10-15)19(22)13-16-11-17(23-2)20(25-4)18(12-16)24-3/h6-12H,5,13-14H2,1-4H3. The maximum Gasteiger partial charge on any atom is 0.227 e. The first-order valence-electron chi connectivity index (χ1n) is 8.23. The van der Waals surface area contributed by atoms with Crippen LogP contribution < -0.4 is 14.2 Å². The quantitative estimate of drug-likeness (QED) is 0.738. The molecular formula is C20H25NO4. The van der Waals surface area contributed by atoms with Crippen LogP contribution in [0.2, 0.25) is 0 Å². The highest BCUT2D eigenvalue weighted by atomic mass is 16.5. The van der Waals surface area contributed by atoms with E-state index in [2.05, 4.69) is 0 Å². The van der Waals surface area contributed by atoms with Crippen LogP contribution in [0.1, 0.15) is 18.1 Å². The van der Waals surface area contributed by atoms with E-state index >= 15 is 0 Å². The molecule has 0 atom stereocenters. The van der Waals surface area contributed by atoms with E-state index < -0.39 is 0 Å². The molecule has 5 heteroatoms. The molecule has 0 bridgehead atoms. The molecule has 1 amide bonds. The van der Waals surface area contributed by atoms with Gasteiger partial charge in [-0.25, -0.2) is 0 Å². The molecule has 0 aromatic heterocycles. The second-order valence-electron chi connectivity index (χ2n) is 5.60. The number of hydrogen-bond donors (Lipinski definition) is 0. The predicted molar refractivity (Wildman–Crippen MR) is 97.3 cm³/mol. The summed E-state index contributed by atoms with van der Waals surface area (Å²) < 4.78 is 16.0. The number of carbonyl (C=O) groups excluding carboxylic acids is 1. The normalized spacial score (nSPS) is 10.2. The van der Waals surface area contributed by atoms with Crippen LogP contribution in [-0.2, 0) is 17.8 Å². The minimum absolute atomic E-state index is 0.0561. The SMILES string of the molecule is CCN(Cc1ccccc1)C(=O)Cc1cc(OC)c(OC)c(OC)c1. The van der Waals surface area contributed by atoms with Gasteiger partial charge in [0.1, 0.15) is 0 Å². The smallest absolute Gasteiger partial charge is 0.227 e. The number of likely N-dealkylation sites (N-methyl/N-ethyl adjacent to an activating group) is 1. The van der Waals surface area contributed by atoms with Crippen LogP contribution >= 0.6 is 0 Å². The number of carbonyl (C=O) groups is 1. The minimum Gasteiger partial charge on any atom is -0.493 e. The molecule has 0 unspecified atom stereocenters. The van der Waals surface area contributed by atoms with Crippen LogP contribution in [0.3, 0.4) is 0 Å². The monoisotopic (exact) mass is 343 g/mol. The number of benzene rings is 2. The molecular weight excluding hydrogens is 318 g/mol. The van der Waals surface area contributed by atoms with Crippen LogP contribution in [0, 0.1) is 0 Å². The van der Waals surface area contributed by atoms with Gasteiger partial charge >= 0.3 is 0 Å². The summed E-state index contributed by atoms with van der Waals surface area (Å²) in [5.41, 5.74) is 1.94. The summed E-state index contributed by atoms with van der Waals surface area (Å²) in [4.78, 5) is 14.5. The lowest BCUT2D eigenvalue weighted by Gasteiger charge is -2.21. The summed E-state index contributed by atoms with van der Waals surface area (Å²) in [6.07, 6.45) is 0.275. The van der Waals surface area contributed by atoms with Crippen LogP contribution in [0.15, 0.2) is 42.5 Å². The molecule has 0 aliphatic carbocycles. The molecule has 2 aromatic rings. The zero-order valence-electron chi connectivity index (χ0n) is 15.2. The molecule has 0 radical (unpaired) electrons. The third kappa shape index (κ3) is 4.66. The van der Waals surface area contributed by atoms with E-state index in [4.69, 9.17) is 14.2 Å². The fourth-order valence-corrected chi connectivity index (χ4v) is 2.70. The average molecular weight is 343 g/mol. The highest BCUT2D eigenvalue weighted by molar-refractivity contribution is 5.79. The summed E-state index contributed by atoms with van der Waals surface area (Å²) in [5.74, 6) is 1.69. The number of hydrogen-bond acceptors (Lipinski definition) is 4. The van der Waals surface area contributed by atoms with Crippen molar-refractivity contribution >= 4 is 5.91 Å². The zero-order valence-corrected chi connectivity index (χ0v) is 15.2. The highest BCUT2D eigenvalue weighted by Crippen LogP contribution is 2.38. The number of nitrogens with zero attached hydrogens (tertiary/aromatic N) is 1. The van der Waals surface area contributed by atoms with Gasteiger partial charge in [-0.15, -0.1) is 0 Å². The van der Waals surface area contributed by atoms with Gasteiger partial charge in [-0.2, -0.15) is 0 Å². The lowest BCUT2D eigenvalue weighted by atomic mass is 10.1. The van der Waals surface area contributed by atoms with E-state index in [9.17, 15) is 4.79 Å². The molecule has 0 aliphatic rings. The van der Waals surface area contributed by atoms with E-state index in [1.165, 1.54) is 0 Å². The van der Waals surface area contributed by atoms with Gasteiger partial charge < -0.3 is 19.1 Å². The fourth-order valence-electron chi connectivity index (χ4n) is 2.70. The highest BCUT2D eigenvalue weighted by Gasteiger charge is 2.17. The van der Waals surface area contributed by atoms with Gasteiger partial charge in [-0.1, -0.05) is 30.3 Å². The summed E-state index contributed by atoms with van der Waals surface area (Å²) in [6.45, 7) is 3.23. The van der Waals surface area contributed by atoms with Gasteiger partial charge in [-0.05, 0) is 30.2 Å². The molecule has 0 aliphatic heterocycles. The molecule has 0 heterocycles. The van der Waals surface area contributed by atoms with Crippen molar-refractivity contribution in [2.45, 2.75) is 19.9 Å². The van der Waals surface area contributed by atoms with Crippen LogP contribution in [0.25, 0.3) is 0 Å².